The highest BCUT2D eigenvalue weighted by molar-refractivity contribution is 4.92. The van der Waals surface area contributed by atoms with Crippen LogP contribution in [0.15, 0.2) is 24.3 Å². The molecule has 0 spiro atoms. The van der Waals surface area contributed by atoms with E-state index in [9.17, 15) is 0 Å². The second-order valence-corrected chi connectivity index (χ2v) is 6.35. The molecule has 0 radical (unpaired) electrons. The predicted octanol–water partition coefficient (Wildman–Crippen LogP) is 6.17. The summed E-state index contributed by atoms with van der Waals surface area (Å²) in [5.41, 5.74) is 0. The van der Waals surface area contributed by atoms with Crippen molar-refractivity contribution in [2.45, 2.75) is 96.9 Å². The van der Waals surface area contributed by atoms with Gasteiger partial charge in [0.2, 0.25) is 0 Å². The standard InChI is InChI=1S/C20H36O2/c1-3-4-5-6-7-8-9-10-11-12-13-16-19(2)22-20-17-14-15-18-21-20/h5-6,8-9,19-20H,3-4,7,10-18H2,1-2H3/b6-5+,9-8-. The van der Waals surface area contributed by atoms with Crippen LogP contribution in [0.3, 0.4) is 0 Å². The summed E-state index contributed by atoms with van der Waals surface area (Å²) in [4.78, 5) is 0. The van der Waals surface area contributed by atoms with Crippen LogP contribution in [0.5, 0.6) is 0 Å². The van der Waals surface area contributed by atoms with Gasteiger partial charge in [0, 0.05) is 6.61 Å². The number of unbranched alkanes of at least 4 members (excludes halogenated alkanes) is 4. The van der Waals surface area contributed by atoms with E-state index in [1.54, 1.807) is 0 Å². The molecule has 1 aliphatic rings. The van der Waals surface area contributed by atoms with Crippen LogP contribution >= 0.6 is 0 Å². The van der Waals surface area contributed by atoms with Crippen molar-refractivity contribution < 1.29 is 9.47 Å². The molecule has 0 saturated carbocycles. The number of ether oxygens (including phenoxy) is 2. The Morgan fingerprint density at radius 1 is 1.05 bits per heavy atom. The minimum Gasteiger partial charge on any atom is -0.353 e. The molecule has 128 valence electrons. The Kier molecular flexibility index (Phi) is 12.4. The van der Waals surface area contributed by atoms with E-state index in [1.165, 1.54) is 51.4 Å². The van der Waals surface area contributed by atoms with Crippen LogP contribution in [0.1, 0.15) is 84.5 Å². The van der Waals surface area contributed by atoms with E-state index in [1.807, 2.05) is 0 Å². The largest absolute Gasteiger partial charge is 0.353 e. The van der Waals surface area contributed by atoms with Crippen molar-refractivity contribution in [2.24, 2.45) is 0 Å². The van der Waals surface area contributed by atoms with Crippen LogP contribution < -0.4 is 0 Å². The van der Waals surface area contributed by atoms with Crippen molar-refractivity contribution in [2.75, 3.05) is 6.61 Å². The topological polar surface area (TPSA) is 18.5 Å². The van der Waals surface area contributed by atoms with Gasteiger partial charge in [-0.05, 0) is 58.3 Å². The molecule has 1 saturated heterocycles. The van der Waals surface area contributed by atoms with Gasteiger partial charge in [0.1, 0.15) is 0 Å². The van der Waals surface area contributed by atoms with Crippen LogP contribution in [-0.4, -0.2) is 19.0 Å². The molecule has 0 N–H and O–H groups in total. The lowest BCUT2D eigenvalue weighted by Gasteiger charge is -2.26. The lowest BCUT2D eigenvalue weighted by molar-refractivity contribution is -0.185. The lowest BCUT2D eigenvalue weighted by atomic mass is 10.1. The highest BCUT2D eigenvalue weighted by Crippen LogP contribution is 2.17. The van der Waals surface area contributed by atoms with Gasteiger partial charge in [-0.15, -0.1) is 0 Å². The molecular weight excluding hydrogens is 272 g/mol. The van der Waals surface area contributed by atoms with Crippen molar-refractivity contribution >= 4 is 0 Å². The lowest BCUT2D eigenvalue weighted by Crippen LogP contribution is -2.26. The highest BCUT2D eigenvalue weighted by Gasteiger charge is 2.16. The number of hydrogen-bond acceptors (Lipinski definition) is 2. The molecule has 0 aromatic carbocycles. The summed E-state index contributed by atoms with van der Waals surface area (Å²) in [7, 11) is 0. The molecule has 0 aromatic rings. The number of allylic oxidation sites excluding steroid dienone is 4. The second-order valence-electron chi connectivity index (χ2n) is 6.35. The maximum Gasteiger partial charge on any atom is 0.157 e. The molecule has 1 fully saturated rings. The molecule has 0 aliphatic carbocycles. The normalized spacial score (nSPS) is 20.9. The van der Waals surface area contributed by atoms with Crippen molar-refractivity contribution in [1.82, 2.24) is 0 Å². The third kappa shape index (κ3) is 11.0. The minimum atomic E-state index is 0.0625. The molecule has 22 heavy (non-hydrogen) atoms. The van der Waals surface area contributed by atoms with E-state index in [2.05, 4.69) is 38.2 Å². The van der Waals surface area contributed by atoms with Gasteiger partial charge in [0.25, 0.3) is 0 Å². The summed E-state index contributed by atoms with van der Waals surface area (Å²) in [6, 6.07) is 0. The van der Waals surface area contributed by atoms with E-state index in [0.29, 0.717) is 6.10 Å². The zero-order valence-electron chi connectivity index (χ0n) is 14.8. The van der Waals surface area contributed by atoms with Gasteiger partial charge in [0.05, 0.1) is 6.10 Å². The first-order valence-electron chi connectivity index (χ1n) is 9.40. The molecule has 2 nitrogen and oxygen atoms in total. The summed E-state index contributed by atoms with van der Waals surface area (Å²) in [5.74, 6) is 0. The van der Waals surface area contributed by atoms with Crippen LogP contribution in [-0.2, 0) is 9.47 Å². The Morgan fingerprint density at radius 3 is 2.59 bits per heavy atom. The first kappa shape index (κ1) is 19.4. The third-order valence-electron chi connectivity index (χ3n) is 4.06. The number of hydrogen-bond donors (Lipinski definition) is 0. The highest BCUT2D eigenvalue weighted by atomic mass is 16.7. The average molecular weight is 309 g/mol. The summed E-state index contributed by atoms with van der Waals surface area (Å²) in [5, 5.41) is 0. The van der Waals surface area contributed by atoms with Gasteiger partial charge in [-0.1, -0.05) is 50.5 Å². The average Bonchev–Trinajstić information content (AvgIpc) is 2.53. The predicted molar refractivity (Wildman–Crippen MR) is 95.0 cm³/mol. The molecule has 1 aliphatic heterocycles. The number of rotatable bonds is 12. The van der Waals surface area contributed by atoms with Crippen molar-refractivity contribution in [3.63, 3.8) is 0 Å². The molecule has 2 atom stereocenters. The van der Waals surface area contributed by atoms with E-state index in [0.717, 1.165) is 25.9 Å². The fraction of sp³-hybridized carbons (Fsp3) is 0.800. The van der Waals surface area contributed by atoms with E-state index >= 15 is 0 Å². The van der Waals surface area contributed by atoms with Crippen molar-refractivity contribution in [3.05, 3.63) is 24.3 Å². The summed E-state index contributed by atoms with van der Waals surface area (Å²) < 4.78 is 11.6. The van der Waals surface area contributed by atoms with Crippen LogP contribution in [0.2, 0.25) is 0 Å². The van der Waals surface area contributed by atoms with Crippen LogP contribution in [0.4, 0.5) is 0 Å². The van der Waals surface area contributed by atoms with E-state index in [-0.39, 0.29) is 6.29 Å². The smallest absolute Gasteiger partial charge is 0.157 e. The summed E-state index contributed by atoms with van der Waals surface area (Å²) >= 11 is 0. The zero-order valence-corrected chi connectivity index (χ0v) is 14.8. The van der Waals surface area contributed by atoms with Gasteiger partial charge in [-0.25, -0.2) is 0 Å². The van der Waals surface area contributed by atoms with Gasteiger partial charge < -0.3 is 9.47 Å². The monoisotopic (exact) mass is 308 g/mol. The quantitative estimate of drug-likeness (QED) is 0.317. The maximum atomic E-state index is 5.94. The Balaban J connectivity index is 1.88. The summed E-state index contributed by atoms with van der Waals surface area (Å²) in [6.45, 7) is 5.27. The Labute approximate surface area is 138 Å². The summed E-state index contributed by atoms with van der Waals surface area (Å²) in [6.07, 6.45) is 22.8. The second kappa shape index (κ2) is 14.0. The minimum absolute atomic E-state index is 0.0625. The molecule has 1 heterocycles. The van der Waals surface area contributed by atoms with Crippen molar-refractivity contribution in [1.29, 1.82) is 0 Å². The SMILES string of the molecule is CCC/C=C/C/C=C\CCCCCC(C)OC1CCCCO1. The molecular formula is C20H36O2. The van der Waals surface area contributed by atoms with E-state index < -0.39 is 0 Å². The molecule has 0 aromatic heterocycles. The Hall–Kier alpha value is -0.600. The Morgan fingerprint density at radius 2 is 1.86 bits per heavy atom. The molecule has 1 rings (SSSR count). The third-order valence-corrected chi connectivity index (χ3v) is 4.06. The molecule has 2 unspecified atom stereocenters. The van der Waals surface area contributed by atoms with Gasteiger partial charge >= 0.3 is 0 Å². The van der Waals surface area contributed by atoms with Crippen molar-refractivity contribution in [3.8, 4) is 0 Å². The van der Waals surface area contributed by atoms with Gasteiger partial charge in [-0.2, -0.15) is 0 Å². The first-order chi connectivity index (χ1) is 10.8. The maximum absolute atomic E-state index is 5.94. The zero-order chi connectivity index (χ0) is 15.9. The molecule has 0 amide bonds. The molecule has 2 heteroatoms. The fourth-order valence-electron chi connectivity index (χ4n) is 2.69. The van der Waals surface area contributed by atoms with Crippen LogP contribution in [0.25, 0.3) is 0 Å². The Bertz CT molecular complexity index is 290. The van der Waals surface area contributed by atoms with Gasteiger partial charge in [-0.3, -0.25) is 0 Å². The molecule has 0 bridgehead atoms. The van der Waals surface area contributed by atoms with E-state index in [4.69, 9.17) is 9.47 Å². The first-order valence-corrected chi connectivity index (χ1v) is 9.40. The van der Waals surface area contributed by atoms with Gasteiger partial charge in [0.15, 0.2) is 6.29 Å². The fourth-order valence-corrected chi connectivity index (χ4v) is 2.69. The van der Waals surface area contributed by atoms with Crippen LogP contribution in [0, 0.1) is 0 Å².